The van der Waals surface area contributed by atoms with Crippen molar-refractivity contribution in [1.82, 2.24) is 0 Å². The van der Waals surface area contributed by atoms with Crippen LogP contribution in [-0.2, 0) is 29.6 Å². The molecule has 2 atom stereocenters. The molecule has 29 heavy (non-hydrogen) atoms. The summed E-state index contributed by atoms with van der Waals surface area (Å²) in [4.78, 5) is 16.9. The number of nitrogens with two attached hydrogens (primary N) is 1. The summed E-state index contributed by atoms with van der Waals surface area (Å²) in [6.45, 7) is 4.18. The van der Waals surface area contributed by atoms with Crippen LogP contribution in [0.4, 0.5) is 10.1 Å². The average Bonchev–Trinajstić information content (AvgIpc) is 3.11. The van der Waals surface area contributed by atoms with Gasteiger partial charge in [-0.15, -0.1) is 0 Å². The number of amides is 1. The molecule has 1 amide bonds. The Bertz CT molecular complexity index is 999. The fraction of sp³-hybridized carbons (Fsp3) is 0.579. The molecule has 3 aliphatic rings. The minimum absolute atomic E-state index is 0.0417. The maximum absolute atomic E-state index is 14.7. The summed E-state index contributed by atoms with van der Waals surface area (Å²) < 4.78 is 50.0. The number of sulfone groups is 1. The number of nitrogens with one attached hydrogen (secondary N) is 1. The Labute approximate surface area is 168 Å². The van der Waals surface area contributed by atoms with Crippen molar-refractivity contribution in [3.8, 4) is 0 Å². The van der Waals surface area contributed by atoms with Gasteiger partial charge in [-0.2, -0.15) is 0 Å². The van der Waals surface area contributed by atoms with Crippen LogP contribution in [0.2, 0.25) is 0 Å². The zero-order chi connectivity index (χ0) is 21.1. The van der Waals surface area contributed by atoms with Crippen molar-refractivity contribution < 1.29 is 27.1 Å². The van der Waals surface area contributed by atoms with Gasteiger partial charge in [-0.05, 0) is 38.5 Å². The van der Waals surface area contributed by atoms with Gasteiger partial charge in [0.1, 0.15) is 17.2 Å². The van der Waals surface area contributed by atoms with Gasteiger partial charge in [0.15, 0.2) is 14.6 Å². The van der Waals surface area contributed by atoms with E-state index in [1.54, 1.807) is 6.92 Å². The summed E-state index contributed by atoms with van der Waals surface area (Å²) >= 11 is 0. The Morgan fingerprint density at radius 1 is 1.24 bits per heavy atom. The Kier molecular flexibility index (Phi) is 4.52. The second-order valence-corrected chi connectivity index (χ2v) is 10.8. The zero-order valence-electron chi connectivity index (χ0n) is 16.3. The average molecular weight is 425 g/mol. The molecule has 1 unspecified atom stereocenters. The van der Waals surface area contributed by atoms with Gasteiger partial charge in [-0.1, -0.05) is 0 Å². The fourth-order valence-electron chi connectivity index (χ4n) is 4.04. The van der Waals surface area contributed by atoms with Crippen molar-refractivity contribution in [1.29, 1.82) is 0 Å². The highest BCUT2D eigenvalue weighted by molar-refractivity contribution is 7.93. The molecule has 1 aromatic rings. The molecule has 158 valence electrons. The molecule has 3 heterocycles. The van der Waals surface area contributed by atoms with E-state index >= 15 is 0 Å². The molecule has 8 nitrogen and oxygen atoms in total. The topological polar surface area (TPSA) is 120 Å². The normalized spacial score (nSPS) is 32.4. The van der Waals surface area contributed by atoms with Crippen LogP contribution in [0, 0.1) is 11.2 Å². The predicted molar refractivity (Wildman–Crippen MR) is 105 cm³/mol. The number of hydrogen-bond acceptors (Lipinski definition) is 7. The SMILES string of the molecule is CC1(C(=O)Nc2ccc(F)c([C@]3(C)CS(=O)(=O)C4(CCOC4)C(N)=N3)c2)COC1. The van der Waals surface area contributed by atoms with Gasteiger partial charge in [0.2, 0.25) is 5.91 Å². The van der Waals surface area contributed by atoms with E-state index in [2.05, 4.69) is 10.3 Å². The second kappa shape index (κ2) is 6.48. The lowest BCUT2D eigenvalue weighted by Gasteiger charge is -2.39. The molecule has 0 aromatic heterocycles. The van der Waals surface area contributed by atoms with E-state index in [1.807, 2.05) is 0 Å². The zero-order valence-corrected chi connectivity index (χ0v) is 17.1. The van der Waals surface area contributed by atoms with Crippen molar-refractivity contribution in [2.75, 3.05) is 37.5 Å². The van der Waals surface area contributed by atoms with E-state index in [0.717, 1.165) is 0 Å². The number of amidine groups is 1. The van der Waals surface area contributed by atoms with E-state index < -0.39 is 37.1 Å². The molecule has 1 aromatic carbocycles. The molecule has 3 N–H and O–H groups in total. The van der Waals surface area contributed by atoms with Crippen LogP contribution < -0.4 is 11.1 Å². The Morgan fingerprint density at radius 3 is 2.52 bits per heavy atom. The number of halogens is 1. The number of nitrogens with zero attached hydrogens (tertiary/aromatic N) is 1. The summed E-state index contributed by atoms with van der Waals surface area (Å²) in [7, 11) is -3.75. The van der Waals surface area contributed by atoms with Crippen molar-refractivity contribution in [2.24, 2.45) is 16.1 Å². The molecule has 4 rings (SSSR count). The second-order valence-electron chi connectivity index (χ2n) is 8.53. The number of hydrogen-bond donors (Lipinski definition) is 2. The van der Waals surface area contributed by atoms with Gasteiger partial charge in [0.25, 0.3) is 0 Å². The molecule has 2 fully saturated rings. The first-order chi connectivity index (χ1) is 13.5. The Hall–Kier alpha value is -2.04. The van der Waals surface area contributed by atoms with Crippen LogP contribution in [0.1, 0.15) is 25.8 Å². The van der Waals surface area contributed by atoms with Crippen molar-refractivity contribution >= 4 is 27.3 Å². The monoisotopic (exact) mass is 425 g/mol. The highest BCUT2D eigenvalue weighted by Crippen LogP contribution is 2.42. The lowest BCUT2D eigenvalue weighted by Crippen LogP contribution is -2.58. The van der Waals surface area contributed by atoms with Crippen LogP contribution in [0.5, 0.6) is 0 Å². The maximum atomic E-state index is 14.7. The molecule has 3 aliphatic heterocycles. The lowest BCUT2D eigenvalue weighted by molar-refractivity contribution is -0.151. The molecule has 0 bridgehead atoms. The smallest absolute Gasteiger partial charge is 0.234 e. The number of carbonyl (C=O) groups is 1. The standard InChI is InChI=1S/C19H24FN3O5S/c1-17(8-28-9-17)16(24)22-12-3-4-14(20)13(7-12)18(2)11-29(25,26)19(15(21)23-18)5-6-27-10-19/h3-4,7H,5-6,8-11H2,1-2H3,(H2,21,23)(H,22,24)/t18-,19?/m0/s1. The number of carbonyl (C=O) groups excluding carboxylic acids is 1. The summed E-state index contributed by atoms with van der Waals surface area (Å²) in [6, 6.07) is 4.04. The maximum Gasteiger partial charge on any atom is 0.234 e. The van der Waals surface area contributed by atoms with Gasteiger partial charge in [0.05, 0.1) is 31.0 Å². The highest BCUT2D eigenvalue weighted by atomic mass is 32.2. The van der Waals surface area contributed by atoms with E-state index in [9.17, 15) is 17.6 Å². The molecule has 0 aliphatic carbocycles. The molecule has 0 radical (unpaired) electrons. The third kappa shape index (κ3) is 3.04. The fourth-order valence-corrected chi connectivity index (χ4v) is 6.29. The minimum atomic E-state index is -3.75. The molecular formula is C19H24FN3O5S. The van der Waals surface area contributed by atoms with Crippen LogP contribution in [0.15, 0.2) is 23.2 Å². The van der Waals surface area contributed by atoms with Crippen LogP contribution in [0.25, 0.3) is 0 Å². The Morgan fingerprint density at radius 2 is 1.97 bits per heavy atom. The molecule has 1 spiro atoms. The van der Waals surface area contributed by atoms with E-state index in [0.29, 0.717) is 18.9 Å². The third-order valence-corrected chi connectivity index (χ3v) is 8.74. The number of aliphatic imine (C=N–C) groups is 1. The summed E-state index contributed by atoms with van der Waals surface area (Å²) in [6.07, 6.45) is 0.236. The number of rotatable bonds is 3. The Balaban J connectivity index is 1.70. The van der Waals surface area contributed by atoms with E-state index in [4.69, 9.17) is 15.2 Å². The van der Waals surface area contributed by atoms with Crippen molar-refractivity contribution in [2.45, 2.75) is 30.6 Å². The van der Waals surface area contributed by atoms with Crippen LogP contribution in [-0.4, -0.2) is 57.1 Å². The third-order valence-electron chi connectivity index (χ3n) is 6.08. The van der Waals surface area contributed by atoms with Gasteiger partial charge in [0, 0.05) is 17.9 Å². The first-order valence-corrected chi connectivity index (χ1v) is 11.0. The van der Waals surface area contributed by atoms with Gasteiger partial charge in [-0.3, -0.25) is 9.79 Å². The summed E-state index contributed by atoms with van der Waals surface area (Å²) in [5, 5.41) is 2.75. The van der Waals surface area contributed by atoms with E-state index in [1.165, 1.54) is 25.1 Å². The number of anilines is 1. The molecular weight excluding hydrogens is 401 g/mol. The largest absolute Gasteiger partial charge is 0.386 e. The van der Waals surface area contributed by atoms with Crippen LogP contribution in [0.3, 0.4) is 0 Å². The quantitative estimate of drug-likeness (QED) is 0.744. The molecule has 10 heteroatoms. The molecule has 2 saturated heterocycles. The van der Waals surface area contributed by atoms with Gasteiger partial charge in [-0.25, -0.2) is 12.8 Å². The number of ether oxygens (including phenoxy) is 2. The van der Waals surface area contributed by atoms with Gasteiger partial charge >= 0.3 is 0 Å². The number of benzene rings is 1. The predicted octanol–water partition coefficient (Wildman–Crippen LogP) is 0.961. The highest BCUT2D eigenvalue weighted by Gasteiger charge is 2.57. The summed E-state index contributed by atoms with van der Waals surface area (Å²) in [5.74, 6) is -1.32. The minimum Gasteiger partial charge on any atom is -0.386 e. The van der Waals surface area contributed by atoms with Gasteiger partial charge < -0.3 is 20.5 Å². The van der Waals surface area contributed by atoms with E-state index in [-0.39, 0.29) is 36.9 Å². The van der Waals surface area contributed by atoms with Crippen molar-refractivity contribution in [3.05, 3.63) is 29.6 Å². The summed E-state index contributed by atoms with van der Waals surface area (Å²) in [5.41, 5.74) is 4.47. The first-order valence-electron chi connectivity index (χ1n) is 9.37. The van der Waals surface area contributed by atoms with Crippen LogP contribution >= 0.6 is 0 Å². The molecule has 0 saturated carbocycles. The first kappa shape index (κ1) is 20.2. The lowest BCUT2D eigenvalue weighted by atomic mass is 9.87. The van der Waals surface area contributed by atoms with Crippen molar-refractivity contribution in [3.63, 3.8) is 0 Å².